The number of carboxylic acids is 1. The Bertz CT molecular complexity index is 553. The van der Waals surface area contributed by atoms with Crippen LogP contribution in [0.25, 0.3) is 0 Å². The third kappa shape index (κ3) is 2.94. The SMILES string of the molecule is O=C(O)c1sccc1CNCc1ccccc1F. The van der Waals surface area contributed by atoms with Gasteiger partial charge in [-0.15, -0.1) is 11.3 Å². The van der Waals surface area contributed by atoms with Crippen LogP contribution >= 0.6 is 11.3 Å². The summed E-state index contributed by atoms with van der Waals surface area (Å²) in [4.78, 5) is 11.2. The minimum absolute atomic E-state index is 0.256. The van der Waals surface area contributed by atoms with Gasteiger partial charge in [-0.25, -0.2) is 9.18 Å². The first kappa shape index (κ1) is 12.7. The van der Waals surface area contributed by atoms with Crippen molar-refractivity contribution in [3.05, 3.63) is 57.5 Å². The molecule has 0 radical (unpaired) electrons. The van der Waals surface area contributed by atoms with Crippen LogP contribution in [0.5, 0.6) is 0 Å². The van der Waals surface area contributed by atoms with Gasteiger partial charge in [-0.3, -0.25) is 0 Å². The topological polar surface area (TPSA) is 49.3 Å². The van der Waals surface area contributed by atoms with E-state index < -0.39 is 5.97 Å². The number of nitrogens with one attached hydrogen (secondary N) is 1. The molecule has 18 heavy (non-hydrogen) atoms. The number of aromatic carboxylic acids is 1. The van der Waals surface area contributed by atoms with E-state index in [1.54, 1.807) is 29.6 Å². The zero-order chi connectivity index (χ0) is 13.0. The molecule has 1 aromatic carbocycles. The molecule has 0 aliphatic carbocycles. The number of halogens is 1. The normalized spacial score (nSPS) is 10.5. The van der Waals surface area contributed by atoms with Gasteiger partial charge in [0.05, 0.1) is 0 Å². The number of rotatable bonds is 5. The number of benzene rings is 1. The van der Waals surface area contributed by atoms with E-state index in [9.17, 15) is 9.18 Å². The summed E-state index contributed by atoms with van der Waals surface area (Å²) < 4.78 is 13.3. The van der Waals surface area contributed by atoms with Crippen LogP contribution < -0.4 is 5.32 Å². The molecule has 0 bridgehead atoms. The Morgan fingerprint density at radius 1 is 1.22 bits per heavy atom. The van der Waals surface area contributed by atoms with Crippen molar-refractivity contribution in [2.45, 2.75) is 13.1 Å². The third-order valence-corrected chi connectivity index (χ3v) is 3.47. The van der Waals surface area contributed by atoms with Crippen LogP contribution in [0, 0.1) is 5.82 Å². The molecule has 0 atom stereocenters. The van der Waals surface area contributed by atoms with Gasteiger partial charge in [0.15, 0.2) is 0 Å². The lowest BCUT2D eigenvalue weighted by Gasteiger charge is -2.05. The summed E-state index contributed by atoms with van der Waals surface area (Å²) in [6.45, 7) is 0.793. The van der Waals surface area contributed by atoms with Gasteiger partial charge in [-0.1, -0.05) is 18.2 Å². The molecule has 2 aromatic rings. The Labute approximate surface area is 108 Å². The first-order valence-electron chi connectivity index (χ1n) is 5.42. The molecule has 0 saturated carbocycles. The Kier molecular flexibility index (Phi) is 4.07. The third-order valence-electron chi connectivity index (χ3n) is 2.53. The van der Waals surface area contributed by atoms with E-state index in [-0.39, 0.29) is 5.82 Å². The number of carbonyl (C=O) groups is 1. The molecule has 2 N–H and O–H groups in total. The summed E-state index contributed by atoms with van der Waals surface area (Å²) >= 11 is 1.19. The highest BCUT2D eigenvalue weighted by molar-refractivity contribution is 7.12. The fourth-order valence-corrected chi connectivity index (χ4v) is 2.40. The molecule has 0 fully saturated rings. The summed E-state index contributed by atoms with van der Waals surface area (Å²) in [7, 11) is 0. The van der Waals surface area contributed by atoms with Crippen LogP contribution in [0.1, 0.15) is 20.8 Å². The van der Waals surface area contributed by atoms with Crippen molar-refractivity contribution >= 4 is 17.3 Å². The van der Waals surface area contributed by atoms with Gasteiger partial charge in [0, 0.05) is 18.7 Å². The van der Waals surface area contributed by atoms with E-state index >= 15 is 0 Å². The second-order valence-corrected chi connectivity index (χ2v) is 4.69. The van der Waals surface area contributed by atoms with Crippen LogP contribution in [0.4, 0.5) is 4.39 Å². The van der Waals surface area contributed by atoms with Gasteiger partial charge < -0.3 is 10.4 Å². The fourth-order valence-electron chi connectivity index (χ4n) is 1.64. The van der Waals surface area contributed by atoms with Crippen LogP contribution in [0.2, 0.25) is 0 Å². The molecule has 0 spiro atoms. The average Bonchev–Trinajstić information content (AvgIpc) is 2.80. The van der Waals surface area contributed by atoms with Gasteiger partial charge in [-0.05, 0) is 23.1 Å². The lowest BCUT2D eigenvalue weighted by Crippen LogP contribution is -2.15. The van der Waals surface area contributed by atoms with Gasteiger partial charge in [0.25, 0.3) is 0 Å². The highest BCUT2D eigenvalue weighted by Crippen LogP contribution is 2.16. The maximum Gasteiger partial charge on any atom is 0.346 e. The summed E-state index contributed by atoms with van der Waals surface area (Å²) in [5.41, 5.74) is 1.30. The number of thiophene rings is 1. The average molecular weight is 265 g/mol. The molecular weight excluding hydrogens is 253 g/mol. The van der Waals surface area contributed by atoms with Gasteiger partial charge >= 0.3 is 5.97 Å². The van der Waals surface area contributed by atoms with Crippen molar-refractivity contribution in [1.29, 1.82) is 0 Å². The number of hydrogen-bond acceptors (Lipinski definition) is 3. The first-order chi connectivity index (χ1) is 8.68. The molecule has 94 valence electrons. The second-order valence-electron chi connectivity index (χ2n) is 3.78. The zero-order valence-electron chi connectivity index (χ0n) is 9.52. The monoisotopic (exact) mass is 265 g/mol. The molecule has 3 nitrogen and oxygen atoms in total. The molecule has 1 aromatic heterocycles. The lowest BCUT2D eigenvalue weighted by atomic mass is 10.2. The van der Waals surface area contributed by atoms with E-state index in [1.807, 2.05) is 0 Å². The minimum atomic E-state index is -0.923. The van der Waals surface area contributed by atoms with Crippen molar-refractivity contribution in [3.8, 4) is 0 Å². The van der Waals surface area contributed by atoms with E-state index in [2.05, 4.69) is 5.32 Å². The van der Waals surface area contributed by atoms with Crippen molar-refractivity contribution in [3.63, 3.8) is 0 Å². The summed E-state index contributed by atoms with van der Waals surface area (Å²) in [6.07, 6.45) is 0. The summed E-state index contributed by atoms with van der Waals surface area (Å²) in [5.74, 6) is -1.18. The van der Waals surface area contributed by atoms with Gasteiger partial charge in [-0.2, -0.15) is 0 Å². The molecule has 1 heterocycles. The van der Waals surface area contributed by atoms with Crippen LogP contribution in [0.3, 0.4) is 0 Å². The smallest absolute Gasteiger partial charge is 0.346 e. The maximum absolute atomic E-state index is 13.3. The highest BCUT2D eigenvalue weighted by Gasteiger charge is 2.11. The van der Waals surface area contributed by atoms with Crippen LogP contribution in [0.15, 0.2) is 35.7 Å². The highest BCUT2D eigenvalue weighted by atomic mass is 32.1. The Hall–Kier alpha value is -1.72. The molecule has 0 amide bonds. The van der Waals surface area contributed by atoms with Crippen LogP contribution in [-0.2, 0) is 13.1 Å². The van der Waals surface area contributed by atoms with E-state index in [0.29, 0.717) is 23.5 Å². The zero-order valence-corrected chi connectivity index (χ0v) is 10.3. The predicted molar refractivity (Wildman–Crippen MR) is 68.2 cm³/mol. The summed E-state index contributed by atoms with van der Waals surface area (Å²) in [6, 6.07) is 8.29. The largest absolute Gasteiger partial charge is 0.477 e. The standard InChI is InChI=1S/C13H12FNO2S/c14-11-4-2-1-3-9(11)7-15-8-10-5-6-18-12(10)13(16)17/h1-6,15H,7-8H2,(H,16,17). The summed E-state index contributed by atoms with van der Waals surface area (Å²) in [5, 5.41) is 13.7. The van der Waals surface area contributed by atoms with Crippen molar-refractivity contribution < 1.29 is 14.3 Å². The van der Waals surface area contributed by atoms with E-state index in [4.69, 9.17) is 5.11 Å². The van der Waals surface area contributed by atoms with Crippen LogP contribution in [-0.4, -0.2) is 11.1 Å². The Morgan fingerprint density at radius 3 is 2.67 bits per heavy atom. The first-order valence-corrected chi connectivity index (χ1v) is 6.30. The second kappa shape index (κ2) is 5.75. The van der Waals surface area contributed by atoms with Crippen molar-refractivity contribution in [1.82, 2.24) is 5.32 Å². The van der Waals surface area contributed by atoms with Crippen molar-refractivity contribution in [2.75, 3.05) is 0 Å². The lowest BCUT2D eigenvalue weighted by molar-refractivity contribution is 0.0701. The van der Waals surface area contributed by atoms with E-state index in [0.717, 1.165) is 5.56 Å². The van der Waals surface area contributed by atoms with Crippen molar-refractivity contribution in [2.24, 2.45) is 0 Å². The van der Waals surface area contributed by atoms with Gasteiger partial charge in [0.1, 0.15) is 10.7 Å². The molecule has 0 unspecified atom stereocenters. The fraction of sp³-hybridized carbons (Fsp3) is 0.154. The maximum atomic E-state index is 13.3. The molecule has 0 aliphatic heterocycles. The Balaban J connectivity index is 1.95. The molecule has 0 saturated heterocycles. The predicted octanol–water partition coefficient (Wildman–Crippen LogP) is 2.88. The molecule has 2 rings (SSSR count). The number of carboxylic acid groups (broad SMARTS) is 1. The van der Waals surface area contributed by atoms with E-state index in [1.165, 1.54) is 17.4 Å². The molecule has 0 aliphatic rings. The minimum Gasteiger partial charge on any atom is -0.477 e. The molecular formula is C13H12FNO2S. The number of hydrogen-bond donors (Lipinski definition) is 2. The molecule has 5 heteroatoms. The Morgan fingerprint density at radius 2 is 1.94 bits per heavy atom. The van der Waals surface area contributed by atoms with Gasteiger partial charge in [0.2, 0.25) is 0 Å². The quantitative estimate of drug-likeness (QED) is 0.874.